The molecule has 0 unspecified atom stereocenters. The number of amides is 1. The van der Waals surface area contributed by atoms with Crippen molar-refractivity contribution in [1.29, 1.82) is 0 Å². The minimum atomic E-state index is -1.45. The second-order valence-electron chi connectivity index (χ2n) is 5.02. The molecule has 0 atom stereocenters. The van der Waals surface area contributed by atoms with E-state index in [1.807, 2.05) is 0 Å². The van der Waals surface area contributed by atoms with Gasteiger partial charge in [0.05, 0.1) is 19.8 Å². The van der Waals surface area contributed by atoms with Crippen LogP contribution < -0.4 is 10.9 Å². The molecule has 0 fully saturated rings. The number of aromatic nitrogens is 2. The first-order valence-electron chi connectivity index (χ1n) is 6.57. The van der Waals surface area contributed by atoms with Crippen molar-refractivity contribution in [2.75, 3.05) is 19.8 Å². The second-order valence-corrected chi connectivity index (χ2v) is 5.02. The van der Waals surface area contributed by atoms with E-state index in [-0.39, 0.29) is 18.4 Å². The van der Waals surface area contributed by atoms with Crippen LogP contribution in [0.3, 0.4) is 0 Å². The highest BCUT2D eigenvalue weighted by Crippen LogP contribution is 2.05. The SMILES string of the molecule is Cc1nc(C)c(CCC(=O)NC(CO)(CO)CO)c(=O)[nH]1. The molecule has 118 valence electrons. The molecule has 0 saturated carbocycles. The summed E-state index contributed by atoms with van der Waals surface area (Å²) in [5.74, 6) is 0.0251. The molecule has 1 aromatic heterocycles. The Balaban J connectivity index is 2.72. The number of rotatable bonds is 7. The van der Waals surface area contributed by atoms with E-state index in [0.29, 0.717) is 17.1 Å². The maximum atomic E-state index is 11.8. The molecule has 1 amide bonds. The van der Waals surface area contributed by atoms with Gasteiger partial charge in [-0.3, -0.25) is 9.59 Å². The summed E-state index contributed by atoms with van der Waals surface area (Å²) in [4.78, 5) is 30.3. The number of hydrogen-bond donors (Lipinski definition) is 5. The van der Waals surface area contributed by atoms with Crippen LogP contribution in [0.4, 0.5) is 0 Å². The second kappa shape index (κ2) is 7.30. The predicted molar refractivity (Wildman–Crippen MR) is 74.8 cm³/mol. The van der Waals surface area contributed by atoms with Gasteiger partial charge >= 0.3 is 0 Å². The van der Waals surface area contributed by atoms with Gasteiger partial charge in [0.1, 0.15) is 11.4 Å². The van der Waals surface area contributed by atoms with Crippen molar-refractivity contribution in [3.8, 4) is 0 Å². The van der Waals surface area contributed by atoms with Crippen molar-refractivity contribution in [3.05, 3.63) is 27.4 Å². The molecule has 0 spiro atoms. The summed E-state index contributed by atoms with van der Waals surface area (Å²) in [6, 6.07) is 0. The maximum absolute atomic E-state index is 11.8. The normalized spacial score (nSPS) is 11.5. The Hall–Kier alpha value is -1.77. The first-order valence-corrected chi connectivity index (χ1v) is 6.57. The van der Waals surface area contributed by atoms with Crippen LogP contribution in [0.25, 0.3) is 0 Å². The first kappa shape index (κ1) is 17.3. The Morgan fingerprint density at radius 2 is 1.81 bits per heavy atom. The zero-order valence-electron chi connectivity index (χ0n) is 12.1. The number of aliphatic hydroxyl groups excluding tert-OH is 3. The lowest BCUT2D eigenvalue weighted by Crippen LogP contribution is -2.57. The van der Waals surface area contributed by atoms with E-state index in [0.717, 1.165) is 0 Å². The summed E-state index contributed by atoms with van der Waals surface area (Å²) >= 11 is 0. The van der Waals surface area contributed by atoms with Gasteiger partial charge in [0.2, 0.25) is 5.91 Å². The van der Waals surface area contributed by atoms with E-state index >= 15 is 0 Å². The van der Waals surface area contributed by atoms with Crippen LogP contribution in [0.5, 0.6) is 0 Å². The van der Waals surface area contributed by atoms with Crippen LogP contribution in [0.2, 0.25) is 0 Å². The van der Waals surface area contributed by atoms with Crippen molar-refractivity contribution in [2.24, 2.45) is 0 Å². The van der Waals surface area contributed by atoms with Gasteiger partial charge in [-0.05, 0) is 20.3 Å². The van der Waals surface area contributed by atoms with Crippen LogP contribution in [-0.2, 0) is 11.2 Å². The summed E-state index contributed by atoms with van der Waals surface area (Å²) in [5.41, 5.74) is -0.768. The Kier molecular flexibility index (Phi) is 6.01. The Labute approximate surface area is 121 Å². The third-order valence-corrected chi connectivity index (χ3v) is 3.26. The van der Waals surface area contributed by atoms with Crippen molar-refractivity contribution < 1.29 is 20.1 Å². The number of hydrogen-bond acceptors (Lipinski definition) is 6. The monoisotopic (exact) mass is 299 g/mol. The lowest BCUT2D eigenvalue weighted by molar-refractivity contribution is -0.125. The van der Waals surface area contributed by atoms with Gasteiger partial charge in [-0.15, -0.1) is 0 Å². The highest BCUT2D eigenvalue weighted by molar-refractivity contribution is 5.77. The molecule has 0 bridgehead atoms. The van der Waals surface area contributed by atoms with E-state index in [9.17, 15) is 9.59 Å². The van der Waals surface area contributed by atoms with Gasteiger partial charge in [0, 0.05) is 17.7 Å². The van der Waals surface area contributed by atoms with Crippen LogP contribution >= 0.6 is 0 Å². The molecular weight excluding hydrogens is 278 g/mol. The minimum Gasteiger partial charge on any atom is -0.394 e. The molecule has 0 saturated heterocycles. The molecule has 0 aliphatic carbocycles. The zero-order chi connectivity index (χ0) is 16.0. The highest BCUT2D eigenvalue weighted by atomic mass is 16.3. The van der Waals surface area contributed by atoms with E-state index in [4.69, 9.17) is 15.3 Å². The lowest BCUT2D eigenvalue weighted by Gasteiger charge is -2.28. The van der Waals surface area contributed by atoms with Crippen molar-refractivity contribution in [1.82, 2.24) is 15.3 Å². The molecule has 1 aromatic rings. The van der Waals surface area contributed by atoms with E-state index in [2.05, 4.69) is 15.3 Å². The molecule has 21 heavy (non-hydrogen) atoms. The summed E-state index contributed by atoms with van der Waals surface area (Å²) in [6.07, 6.45) is 0.162. The average molecular weight is 299 g/mol. The van der Waals surface area contributed by atoms with Crippen molar-refractivity contribution in [3.63, 3.8) is 0 Å². The van der Waals surface area contributed by atoms with E-state index in [1.165, 1.54) is 0 Å². The number of aryl methyl sites for hydroxylation is 2. The van der Waals surface area contributed by atoms with Crippen LogP contribution in [0, 0.1) is 13.8 Å². The fraction of sp³-hybridized carbons (Fsp3) is 0.615. The smallest absolute Gasteiger partial charge is 0.254 e. The Morgan fingerprint density at radius 1 is 1.24 bits per heavy atom. The fourth-order valence-electron chi connectivity index (χ4n) is 1.91. The van der Waals surface area contributed by atoms with Crippen molar-refractivity contribution in [2.45, 2.75) is 32.2 Å². The third kappa shape index (κ3) is 4.35. The summed E-state index contributed by atoms with van der Waals surface area (Å²) in [7, 11) is 0. The molecule has 0 aromatic carbocycles. The largest absolute Gasteiger partial charge is 0.394 e. The van der Waals surface area contributed by atoms with Crippen LogP contribution in [0.15, 0.2) is 4.79 Å². The van der Waals surface area contributed by atoms with Gasteiger partial charge in [-0.2, -0.15) is 0 Å². The summed E-state index contributed by atoms with van der Waals surface area (Å²) in [5, 5.41) is 29.8. The van der Waals surface area contributed by atoms with Gasteiger partial charge in [-0.25, -0.2) is 4.98 Å². The number of nitrogens with zero attached hydrogens (tertiary/aromatic N) is 1. The molecule has 5 N–H and O–H groups in total. The number of H-pyrrole nitrogens is 1. The minimum absolute atomic E-state index is 0.0174. The number of carbonyl (C=O) groups is 1. The van der Waals surface area contributed by atoms with Crippen LogP contribution in [-0.4, -0.2) is 56.6 Å². The lowest BCUT2D eigenvalue weighted by atomic mass is 10.0. The average Bonchev–Trinajstić information content (AvgIpc) is 2.43. The van der Waals surface area contributed by atoms with Gasteiger partial charge in [0.15, 0.2) is 0 Å². The predicted octanol–water partition coefficient (Wildman–Crippen LogP) is -1.85. The molecule has 0 aliphatic rings. The molecule has 1 rings (SSSR count). The van der Waals surface area contributed by atoms with Gasteiger partial charge in [-0.1, -0.05) is 0 Å². The fourth-order valence-corrected chi connectivity index (χ4v) is 1.91. The molecule has 0 aliphatic heterocycles. The van der Waals surface area contributed by atoms with E-state index in [1.54, 1.807) is 13.8 Å². The zero-order valence-corrected chi connectivity index (χ0v) is 12.1. The van der Waals surface area contributed by atoms with Crippen molar-refractivity contribution >= 4 is 5.91 Å². The molecule has 8 heteroatoms. The van der Waals surface area contributed by atoms with Crippen LogP contribution in [0.1, 0.15) is 23.5 Å². The quantitative estimate of drug-likeness (QED) is 0.401. The number of aromatic amines is 1. The molecular formula is C13H21N3O5. The summed E-state index contributed by atoms with van der Waals surface area (Å²) < 4.78 is 0. The van der Waals surface area contributed by atoms with E-state index < -0.39 is 31.3 Å². The Morgan fingerprint density at radius 3 is 2.29 bits per heavy atom. The first-order chi connectivity index (χ1) is 9.87. The summed E-state index contributed by atoms with van der Waals surface area (Å²) in [6.45, 7) is 1.60. The maximum Gasteiger partial charge on any atom is 0.254 e. The number of aliphatic hydroxyl groups is 3. The van der Waals surface area contributed by atoms with Gasteiger partial charge in [0.25, 0.3) is 5.56 Å². The van der Waals surface area contributed by atoms with Gasteiger partial charge < -0.3 is 25.6 Å². The standard InChI is InChI=1S/C13H21N3O5/c1-8-10(12(21)15-9(2)14-8)3-4-11(20)16-13(5-17,6-18)7-19/h17-19H,3-7H2,1-2H3,(H,16,20)(H,14,15,21). The molecule has 8 nitrogen and oxygen atoms in total. The topological polar surface area (TPSA) is 136 Å². The highest BCUT2D eigenvalue weighted by Gasteiger charge is 2.29. The number of nitrogens with one attached hydrogen (secondary N) is 2. The third-order valence-electron chi connectivity index (χ3n) is 3.26. The number of carbonyl (C=O) groups excluding carboxylic acids is 1. The Bertz CT molecular complexity index is 543. The molecule has 1 heterocycles. The molecule has 0 radical (unpaired) electrons.